The summed E-state index contributed by atoms with van der Waals surface area (Å²) in [7, 11) is 1.94. The summed E-state index contributed by atoms with van der Waals surface area (Å²) in [6.45, 7) is 2.78. The zero-order valence-corrected chi connectivity index (χ0v) is 12.3. The molecule has 1 heterocycles. The van der Waals surface area contributed by atoms with E-state index < -0.39 is 0 Å². The standard InChI is InChI=1S/C17H20BNO2/c1-19-10-11-21-18-16-8-4-2-6-14(16)12-20-13-15-7-3-5-9-17(15)18/h2-9,19H,10-13H2,1H3. The average Bonchev–Trinajstić information content (AvgIpc) is 2.51. The van der Waals surface area contributed by atoms with Crippen molar-refractivity contribution in [2.45, 2.75) is 13.2 Å². The quantitative estimate of drug-likeness (QED) is 0.671. The average molecular weight is 281 g/mol. The maximum absolute atomic E-state index is 6.19. The van der Waals surface area contributed by atoms with E-state index in [4.69, 9.17) is 9.39 Å². The van der Waals surface area contributed by atoms with Gasteiger partial charge in [0.05, 0.1) is 13.2 Å². The van der Waals surface area contributed by atoms with E-state index in [1.54, 1.807) is 0 Å². The molecular formula is C17H20BNO2. The molecule has 4 heteroatoms. The Bertz CT molecular complexity index is 555. The van der Waals surface area contributed by atoms with Crippen LogP contribution in [0.3, 0.4) is 0 Å². The first-order valence-electron chi connectivity index (χ1n) is 7.39. The van der Waals surface area contributed by atoms with Crippen LogP contribution in [0, 0.1) is 0 Å². The van der Waals surface area contributed by atoms with Crippen LogP contribution >= 0.6 is 0 Å². The highest BCUT2D eigenvalue weighted by Gasteiger charge is 2.27. The predicted octanol–water partition coefficient (Wildman–Crippen LogP) is 1.06. The van der Waals surface area contributed by atoms with Crippen molar-refractivity contribution in [3.63, 3.8) is 0 Å². The molecule has 0 radical (unpaired) electrons. The normalized spacial score (nSPS) is 14.0. The van der Waals surface area contributed by atoms with Gasteiger partial charge in [0.25, 0.3) is 0 Å². The number of ether oxygens (including phenoxy) is 1. The van der Waals surface area contributed by atoms with Crippen molar-refractivity contribution in [1.82, 2.24) is 5.32 Å². The summed E-state index contributed by atoms with van der Waals surface area (Å²) < 4.78 is 12.0. The lowest BCUT2D eigenvalue weighted by molar-refractivity contribution is 0.107. The van der Waals surface area contributed by atoms with Crippen molar-refractivity contribution in [1.29, 1.82) is 0 Å². The number of rotatable bonds is 4. The minimum Gasteiger partial charge on any atom is -0.426 e. The van der Waals surface area contributed by atoms with Crippen LogP contribution in [0.2, 0.25) is 0 Å². The fourth-order valence-corrected chi connectivity index (χ4v) is 2.74. The topological polar surface area (TPSA) is 30.5 Å². The molecule has 108 valence electrons. The third-order valence-corrected chi connectivity index (χ3v) is 3.83. The van der Waals surface area contributed by atoms with Gasteiger partial charge in [0.2, 0.25) is 0 Å². The largest absolute Gasteiger partial charge is 0.426 e. The smallest absolute Gasteiger partial charge is 0.362 e. The number of benzene rings is 2. The van der Waals surface area contributed by atoms with Gasteiger partial charge in [-0.2, -0.15) is 0 Å². The Labute approximate surface area is 126 Å². The SMILES string of the molecule is CNCCOB1c2ccccc2COCc2ccccc21. The molecule has 1 aliphatic heterocycles. The van der Waals surface area contributed by atoms with Gasteiger partial charge in [-0.25, -0.2) is 0 Å². The van der Waals surface area contributed by atoms with Crippen LogP contribution in [0.4, 0.5) is 0 Å². The summed E-state index contributed by atoms with van der Waals surface area (Å²) in [6.07, 6.45) is 0. The minimum atomic E-state index is -0.0188. The molecule has 0 aliphatic carbocycles. The Kier molecular flexibility index (Phi) is 4.71. The third kappa shape index (κ3) is 3.18. The zero-order valence-electron chi connectivity index (χ0n) is 12.3. The van der Waals surface area contributed by atoms with Gasteiger partial charge >= 0.3 is 6.92 Å². The molecule has 2 aromatic rings. The summed E-state index contributed by atoms with van der Waals surface area (Å²) in [5.74, 6) is 0. The van der Waals surface area contributed by atoms with Crippen molar-refractivity contribution >= 4 is 17.8 Å². The molecule has 0 fully saturated rings. The Morgan fingerprint density at radius 3 is 2.14 bits per heavy atom. The van der Waals surface area contributed by atoms with Crippen molar-refractivity contribution in [2.24, 2.45) is 0 Å². The van der Waals surface area contributed by atoms with Crippen LogP contribution in [0.25, 0.3) is 0 Å². The molecule has 0 saturated heterocycles. The Balaban J connectivity index is 2.01. The lowest BCUT2D eigenvalue weighted by atomic mass is 9.52. The second-order valence-corrected chi connectivity index (χ2v) is 5.24. The summed E-state index contributed by atoms with van der Waals surface area (Å²) in [4.78, 5) is 0. The second kappa shape index (κ2) is 6.90. The minimum absolute atomic E-state index is 0.0188. The van der Waals surface area contributed by atoms with E-state index in [2.05, 4.69) is 53.8 Å². The molecule has 0 spiro atoms. The van der Waals surface area contributed by atoms with E-state index in [1.807, 2.05) is 7.05 Å². The first kappa shape index (κ1) is 14.3. The Morgan fingerprint density at radius 2 is 1.57 bits per heavy atom. The Hall–Kier alpha value is -1.62. The monoisotopic (exact) mass is 281 g/mol. The highest BCUT2D eigenvalue weighted by molar-refractivity contribution is 6.80. The number of nitrogens with one attached hydrogen (secondary N) is 1. The maximum Gasteiger partial charge on any atom is 0.362 e. The van der Waals surface area contributed by atoms with E-state index >= 15 is 0 Å². The number of likely N-dealkylation sites (N-methyl/N-ethyl adjacent to an activating group) is 1. The van der Waals surface area contributed by atoms with Crippen molar-refractivity contribution in [2.75, 3.05) is 20.2 Å². The van der Waals surface area contributed by atoms with Crippen molar-refractivity contribution in [3.05, 3.63) is 59.7 Å². The molecule has 0 aromatic heterocycles. The summed E-state index contributed by atoms with van der Waals surface area (Å²) in [5.41, 5.74) is 4.84. The Morgan fingerprint density at radius 1 is 1.00 bits per heavy atom. The molecule has 1 aliphatic rings. The van der Waals surface area contributed by atoms with Gasteiger partial charge < -0.3 is 14.7 Å². The lowest BCUT2D eigenvalue weighted by Crippen LogP contribution is -2.49. The molecule has 3 nitrogen and oxygen atoms in total. The van der Waals surface area contributed by atoms with Crippen LogP contribution in [0.5, 0.6) is 0 Å². The van der Waals surface area contributed by atoms with Crippen LogP contribution in [0.1, 0.15) is 11.1 Å². The molecular weight excluding hydrogens is 261 g/mol. The van der Waals surface area contributed by atoms with Gasteiger partial charge in [0, 0.05) is 13.2 Å². The third-order valence-electron chi connectivity index (χ3n) is 3.83. The number of fused-ring (bicyclic) bond motifs is 2. The predicted molar refractivity (Wildman–Crippen MR) is 86.3 cm³/mol. The summed E-state index contributed by atoms with van der Waals surface area (Å²) in [5, 5.41) is 3.13. The van der Waals surface area contributed by atoms with Crippen molar-refractivity contribution < 1.29 is 9.39 Å². The van der Waals surface area contributed by atoms with E-state index in [0.29, 0.717) is 19.8 Å². The number of hydrogen-bond donors (Lipinski definition) is 1. The zero-order chi connectivity index (χ0) is 14.5. The molecule has 0 unspecified atom stereocenters. The summed E-state index contributed by atoms with van der Waals surface area (Å²) >= 11 is 0. The van der Waals surface area contributed by atoms with Crippen molar-refractivity contribution in [3.8, 4) is 0 Å². The highest BCUT2D eigenvalue weighted by atomic mass is 16.5. The van der Waals surface area contributed by atoms with Gasteiger partial charge in [-0.05, 0) is 29.1 Å². The van der Waals surface area contributed by atoms with Gasteiger partial charge in [0.15, 0.2) is 0 Å². The van der Waals surface area contributed by atoms with Gasteiger partial charge in [0.1, 0.15) is 0 Å². The molecule has 2 aromatic carbocycles. The molecule has 0 bridgehead atoms. The van der Waals surface area contributed by atoms with Crippen LogP contribution < -0.4 is 16.2 Å². The van der Waals surface area contributed by atoms with E-state index in [0.717, 1.165) is 6.54 Å². The fourth-order valence-electron chi connectivity index (χ4n) is 2.74. The van der Waals surface area contributed by atoms with Crippen LogP contribution in [-0.4, -0.2) is 27.1 Å². The van der Waals surface area contributed by atoms with Crippen LogP contribution in [0.15, 0.2) is 48.5 Å². The molecule has 0 amide bonds. The highest BCUT2D eigenvalue weighted by Crippen LogP contribution is 2.10. The first-order valence-corrected chi connectivity index (χ1v) is 7.39. The molecule has 21 heavy (non-hydrogen) atoms. The molecule has 0 saturated carbocycles. The molecule has 1 N–H and O–H groups in total. The van der Waals surface area contributed by atoms with E-state index in [-0.39, 0.29) is 6.92 Å². The lowest BCUT2D eigenvalue weighted by Gasteiger charge is -2.23. The van der Waals surface area contributed by atoms with E-state index in [9.17, 15) is 0 Å². The van der Waals surface area contributed by atoms with E-state index in [1.165, 1.54) is 22.1 Å². The van der Waals surface area contributed by atoms with Gasteiger partial charge in [-0.3, -0.25) is 0 Å². The first-order chi connectivity index (χ1) is 10.4. The van der Waals surface area contributed by atoms with Gasteiger partial charge in [-0.1, -0.05) is 48.5 Å². The molecule has 3 rings (SSSR count). The van der Waals surface area contributed by atoms with Crippen LogP contribution in [-0.2, 0) is 22.6 Å². The second-order valence-electron chi connectivity index (χ2n) is 5.24. The summed E-state index contributed by atoms with van der Waals surface area (Å²) in [6, 6.07) is 16.8. The number of hydrogen-bond acceptors (Lipinski definition) is 3. The maximum atomic E-state index is 6.19. The van der Waals surface area contributed by atoms with Gasteiger partial charge in [-0.15, -0.1) is 0 Å². The fraction of sp³-hybridized carbons (Fsp3) is 0.294. The molecule has 0 atom stereocenters.